The van der Waals surface area contributed by atoms with Gasteiger partial charge in [0.15, 0.2) is 34.5 Å². The van der Waals surface area contributed by atoms with Gasteiger partial charge in [-0.3, -0.25) is 14.4 Å². The number of ketones is 3. The fraction of sp³-hybridized carbons (Fsp3) is 0. The molecule has 1 aromatic heterocycles. The molecule has 0 fully saturated rings. The number of carbonyl (C=O) groups is 3. The van der Waals surface area contributed by atoms with Crippen LogP contribution in [0.15, 0.2) is 36.4 Å². The lowest BCUT2D eigenvalue weighted by Crippen LogP contribution is -2.20. The quantitative estimate of drug-likeness (QED) is 0.122. The number of hydrogen-bond donors (Lipinski definition) is 9. The number of rotatable bonds is 6. The molecule has 4 rings (SSSR count). The third-order valence-corrected chi connectivity index (χ3v) is 5.37. The molecule has 9 N–H and O–H groups in total. The minimum Gasteiger partial charge on any atom is -0.504 e. The van der Waals surface area contributed by atoms with Gasteiger partial charge in [0.1, 0.15) is 0 Å². The number of phenols is 9. The number of aromatic nitrogens is 3. The molecule has 3 aromatic carbocycles. The van der Waals surface area contributed by atoms with Crippen LogP contribution < -0.4 is 0 Å². The largest absolute Gasteiger partial charge is 0.504 e. The van der Waals surface area contributed by atoms with E-state index in [1.807, 2.05) is 0 Å². The highest BCUT2D eigenvalue weighted by Crippen LogP contribution is 2.40. The van der Waals surface area contributed by atoms with Crippen LogP contribution in [0.1, 0.15) is 48.5 Å². The first kappa shape index (κ1) is 26.0. The second-order valence-electron chi connectivity index (χ2n) is 7.78. The summed E-state index contributed by atoms with van der Waals surface area (Å²) in [6.07, 6.45) is 0. The molecule has 198 valence electrons. The van der Waals surface area contributed by atoms with E-state index in [4.69, 9.17) is 0 Å². The fourth-order valence-corrected chi connectivity index (χ4v) is 3.30. The van der Waals surface area contributed by atoms with Gasteiger partial charge in [0, 0.05) is 0 Å². The molecule has 0 saturated carbocycles. The van der Waals surface area contributed by atoms with E-state index in [9.17, 15) is 60.3 Å². The van der Waals surface area contributed by atoms with Crippen LogP contribution in [0.2, 0.25) is 0 Å². The summed E-state index contributed by atoms with van der Waals surface area (Å²) in [5.74, 6) is -15.6. The molecule has 0 aliphatic rings. The van der Waals surface area contributed by atoms with Crippen LogP contribution in [0.3, 0.4) is 0 Å². The van der Waals surface area contributed by atoms with Gasteiger partial charge in [0.2, 0.25) is 52.1 Å². The van der Waals surface area contributed by atoms with Gasteiger partial charge in [-0.25, -0.2) is 15.0 Å². The summed E-state index contributed by atoms with van der Waals surface area (Å²) in [4.78, 5) is 50.3. The molecule has 0 aliphatic heterocycles. The number of hydrogen-bond acceptors (Lipinski definition) is 15. The first-order chi connectivity index (χ1) is 18.3. The molecular formula is C24H15N3O12. The topological polar surface area (TPSA) is 272 Å². The van der Waals surface area contributed by atoms with Gasteiger partial charge in [0.05, 0.1) is 16.7 Å². The van der Waals surface area contributed by atoms with E-state index in [2.05, 4.69) is 15.0 Å². The standard InChI is InChI=1S/C24H15N3O12/c28-10-4-1-7(13(31)19(10)37)16(34)22-25-23(17(35)8-2-5-11(29)20(38)14(8)32)27-24(26-22)18(36)9-3-6-12(30)21(39)15(9)33/h1-6,28-33,37-39H. The monoisotopic (exact) mass is 537 g/mol. The predicted molar refractivity (Wildman–Crippen MR) is 124 cm³/mol. The lowest BCUT2D eigenvalue weighted by molar-refractivity contribution is 0.101. The average Bonchev–Trinajstić information content (AvgIpc) is 2.92. The second kappa shape index (κ2) is 9.40. The van der Waals surface area contributed by atoms with Gasteiger partial charge < -0.3 is 46.0 Å². The summed E-state index contributed by atoms with van der Waals surface area (Å²) in [6, 6.07) is 5.13. The van der Waals surface area contributed by atoms with E-state index in [1.54, 1.807) is 0 Å². The van der Waals surface area contributed by atoms with Gasteiger partial charge >= 0.3 is 0 Å². The molecule has 0 spiro atoms. The van der Waals surface area contributed by atoms with Crippen LogP contribution in [0.25, 0.3) is 0 Å². The van der Waals surface area contributed by atoms with Crippen molar-refractivity contribution in [2.24, 2.45) is 0 Å². The van der Waals surface area contributed by atoms with Crippen molar-refractivity contribution < 1.29 is 60.3 Å². The Bertz CT molecular complexity index is 1510. The minimum absolute atomic E-state index is 0.677. The molecule has 0 aliphatic carbocycles. The summed E-state index contributed by atoms with van der Waals surface area (Å²) in [5, 5.41) is 88.2. The first-order valence-electron chi connectivity index (χ1n) is 10.4. The molecule has 0 bridgehead atoms. The smallest absolute Gasteiger partial charge is 0.234 e. The maximum atomic E-state index is 13.1. The maximum absolute atomic E-state index is 13.1. The number of nitrogens with zero attached hydrogens (tertiary/aromatic N) is 3. The van der Waals surface area contributed by atoms with Crippen LogP contribution in [-0.2, 0) is 0 Å². The zero-order valence-electron chi connectivity index (χ0n) is 19.1. The Kier molecular flexibility index (Phi) is 6.25. The second-order valence-corrected chi connectivity index (χ2v) is 7.78. The molecule has 0 atom stereocenters. The Morgan fingerprint density at radius 2 is 0.615 bits per heavy atom. The van der Waals surface area contributed by atoms with Crippen molar-refractivity contribution in [1.29, 1.82) is 0 Å². The number of phenolic OH excluding ortho intramolecular Hbond substituents is 9. The Morgan fingerprint density at radius 3 is 0.846 bits per heavy atom. The van der Waals surface area contributed by atoms with Gasteiger partial charge in [-0.05, 0) is 36.4 Å². The molecule has 0 saturated heterocycles. The van der Waals surface area contributed by atoms with Crippen LogP contribution >= 0.6 is 0 Å². The first-order valence-corrected chi connectivity index (χ1v) is 10.4. The predicted octanol–water partition coefficient (Wildman–Crippen LogP) is 0.915. The van der Waals surface area contributed by atoms with Crippen molar-refractivity contribution in [2.75, 3.05) is 0 Å². The summed E-state index contributed by atoms with van der Waals surface area (Å²) >= 11 is 0. The van der Waals surface area contributed by atoms with E-state index >= 15 is 0 Å². The molecule has 0 amide bonds. The zero-order valence-corrected chi connectivity index (χ0v) is 19.1. The van der Waals surface area contributed by atoms with Crippen LogP contribution in [0.5, 0.6) is 51.7 Å². The highest BCUT2D eigenvalue weighted by atomic mass is 16.3. The minimum atomic E-state index is -1.29. The van der Waals surface area contributed by atoms with Crippen molar-refractivity contribution in [3.63, 3.8) is 0 Å². The molecule has 1 heterocycles. The van der Waals surface area contributed by atoms with Gasteiger partial charge in [-0.2, -0.15) is 0 Å². The van der Waals surface area contributed by atoms with Crippen LogP contribution in [0.4, 0.5) is 0 Å². The highest BCUT2D eigenvalue weighted by molar-refractivity contribution is 6.14. The third-order valence-electron chi connectivity index (χ3n) is 5.37. The van der Waals surface area contributed by atoms with E-state index < -0.39 is 103 Å². The van der Waals surface area contributed by atoms with Crippen molar-refractivity contribution in [3.8, 4) is 51.7 Å². The van der Waals surface area contributed by atoms with Crippen LogP contribution in [0, 0.1) is 0 Å². The lowest BCUT2D eigenvalue weighted by atomic mass is 10.1. The molecule has 4 aromatic rings. The normalized spacial score (nSPS) is 10.8. The van der Waals surface area contributed by atoms with E-state index in [1.165, 1.54) is 0 Å². The highest BCUT2D eigenvalue weighted by Gasteiger charge is 2.29. The van der Waals surface area contributed by atoms with Crippen molar-refractivity contribution in [3.05, 3.63) is 70.6 Å². The van der Waals surface area contributed by atoms with Crippen molar-refractivity contribution >= 4 is 17.3 Å². The Balaban J connectivity index is 1.93. The van der Waals surface area contributed by atoms with Gasteiger partial charge in [-0.15, -0.1) is 0 Å². The lowest BCUT2D eigenvalue weighted by Gasteiger charge is -2.10. The zero-order chi connectivity index (χ0) is 28.8. The molecule has 39 heavy (non-hydrogen) atoms. The van der Waals surface area contributed by atoms with E-state index in [0.29, 0.717) is 0 Å². The molecule has 15 heteroatoms. The van der Waals surface area contributed by atoms with Gasteiger partial charge in [0.25, 0.3) is 0 Å². The molecule has 15 nitrogen and oxygen atoms in total. The molecule has 0 radical (unpaired) electrons. The van der Waals surface area contributed by atoms with Crippen molar-refractivity contribution in [1.82, 2.24) is 15.0 Å². The third kappa shape index (κ3) is 4.35. The van der Waals surface area contributed by atoms with Crippen molar-refractivity contribution in [2.45, 2.75) is 0 Å². The average molecular weight is 537 g/mol. The summed E-state index contributed by atoms with van der Waals surface area (Å²) in [6.45, 7) is 0. The Hall–Kier alpha value is -6.12. The molecular weight excluding hydrogens is 522 g/mol. The SMILES string of the molecule is O=C(c1nc(C(=O)c2ccc(O)c(O)c2O)nc(C(=O)c2ccc(O)c(O)c2O)n1)c1ccc(O)c(O)c1O. The maximum Gasteiger partial charge on any atom is 0.234 e. The summed E-state index contributed by atoms with van der Waals surface area (Å²) < 4.78 is 0. The summed E-state index contributed by atoms with van der Waals surface area (Å²) in [5.41, 5.74) is -2.03. The summed E-state index contributed by atoms with van der Waals surface area (Å²) in [7, 11) is 0. The van der Waals surface area contributed by atoms with Gasteiger partial charge in [-0.1, -0.05) is 0 Å². The molecule has 0 unspecified atom stereocenters. The number of carbonyl (C=O) groups excluding carboxylic acids is 3. The Labute approximate surface area is 215 Å². The van der Waals surface area contributed by atoms with E-state index in [0.717, 1.165) is 36.4 Å². The Morgan fingerprint density at radius 1 is 0.385 bits per heavy atom. The fourth-order valence-electron chi connectivity index (χ4n) is 3.30. The number of aromatic hydroxyl groups is 9. The van der Waals surface area contributed by atoms with E-state index in [-0.39, 0.29) is 0 Å². The number of benzene rings is 3. The van der Waals surface area contributed by atoms with Crippen LogP contribution in [-0.4, -0.2) is 78.3 Å².